The first-order valence-electron chi connectivity index (χ1n) is 5.86. The van der Waals surface area contributed by atoms with E-state index in [-0.39, 0.29) is 18.9 Å². The number of amides is 2. The minimum atomic E-state index is -0.436. The van der Waals surface area contributed by atoms with Crippen molar-refractivity contribution >= 4 is 28.8 Å². The molecule has 0 aliphatic rings. The average molecular weight is 291 g/mol. The molecular formula is C13H13N3O3S. The predicted octanol–water partition coefficient (Wildman–Crippen LogP) is 1.65. The van der Waals surface area contributed by atoms with E-state index in [0.717, 1.165) is 0 Å². The SMILES string of the molecule is NC(=O)CCOc1ccccc1NC(=O)c1cscn1. The number of para-hydroxylation sites is 2. The van der Waals surface area contributed by atoms with Crippen LogP contribution in [0.25, 0.3) is 0 Å². The molecule has 0 spiro atoms. The van der Waals surface area contributed by atoms with Crippen LogP contribution in [0, 0.1) is 0 Å². The number of carbonyl (C=O) groups excluding carboxylic acids is 2. The molecule has 2 rings (SSSR count). The fourth-order valence-electron chi connectivity index (χ4n) is 1.47. The van der Waals surface area contributed by atoms with Crippen LogP contribution in [0.1, 0.15) is 16.9 Å². The molecule has 7 heteroatoms. The molecule has 0 fully saturated rings. The first-order valence-corrected chi connectivity index (χ1v) is 6.81. The van der Waals surface area contributed by atoms with Crippen molar-refractivity contribution in [2.45, 2.75) is 6.42 Å². The number of rotatable bonds is 6. The van der Waals surface area contributed by atoms with Crippen molar-refractivity contribution in [2.75, 3.05) is 11.9 Å². The molecule has 1 aromatic heterocycles. The maximum atomic E-state index is 11.9. The van der Waals surface area contributed by atoms with E-state index in [2.05, 4.69) is 10.3 Å². The summed E-state index contributed by atoms with van der Waals surface area (Å²) in [6, 6.07) is 6.97. The summed E-state index contributed by atoms with van der Waals surface area (Å²) in [7, 11) is 0. The summed E-state index contributed by atoms with van der Waals surface area (Å²) in [5.41, 5.74) is 7.50. The van der Waals surface area contributed by atoms with Crippen molar-refractivity contribution in [1.82, 2.24) is 4.98 Å². The highest BCUT2D eigenvalue weighted by molar-refractivity contribution is 7.07. The lowest BCUT2D eigenvalue weighted by Crippen LogP contribution is -2.16. The maximum absolute atomic E-state index is 11.9. The number of primary amides is 1. The molecule has 0 bridgehead atoms. The summed E-state index contributed by atoms with van der Waals surface area (Å²) in [6.45, 7) is 0.166. The molecule has 0 atom stereocenters. The van der Waals surface area contributed by atoms with Gasteiger partial charge in [0, 0.05) is 5.38 Å². The molecule has 1 heterocycles. The van der Waals surface area contributed by atoms with Gasteiger partial charge < -0.3 is 15.8 Å². The zero-order valence-corrected chi connectivity index (χ0v) is 11.4. The lowest BCUT2D eigenvalue weighted by Gasteiger charge is -2.11. The van der Waals surface area contributed by atoms with Crippen LogP contribution >= 0.6 is 11.3 Å². The van der Waals surface area contributed by atoms with E-state index in [1.165, 1.54) is 11.3 Å². The number of thiazole rings is 1. The van der Waals surface area contributed by atoms with E-state index in [0.29, 0.717) is 17.1 Å². The number of ether oxygens (including phenoxy) is 1. The Hall–Kier alpha value is -2.41. The van der Waals surface area contributed by atoms with E-state index >= 15 is 0 Å². The predicted molar refractivity (Wildman–Crippen MR) is 75.8 cm³/mol. The molecule has 0 aliphatic carbocycles. The molecule has 1 aromatic carbocycles. The van der Waals surface area contributed by atoms with Gasteiger partial charge in [-0.3, -0.25) is 9.59 Å². The fraction of sp³-hybridized carbons (Fsp3) is 0.154. The quantitative estimate of drug-likeness (QED) is 0.846. The van der Waals surface area contributed by atoms with Crippen LogP contribution in [0.4, 0.5) is 5.69 Å². The normalized spacial score (nSPS) is 10.0. The van der Waals surface area contributed by atoms with Gasteiger partial charge in [-0.2, -0.15) is 0 Å². The Balaban J connectivity index is 2.04. The second-order valence-electron chi connectivity index (χ2n) is 3.89. The largest absolute Gasteiger partial charge is 0.491 e. The Bertz CT molecular complexity index is 599. The van der Waals surface area contributed by atoms with Crippen LogP contribution in [0.15, 0.2) is 35.2 Å². The third-order valence-electron chi connectivity index (χ3n) is 2.41. The molecule has 2 amide bonds. The molecule has 0 saturated carbocycles. The Morgan fingerprint density at radius 2 is 2.15 bits per heavy atom. The van der Waals surface area contributed by atoms with Crippen LogP contribution in [0.5, 0.6) is 5.75 Å². The summed E-state index contributed by atoms with van der Waals surface area (Å²) in [5, 5.41) is 4.37. The van der Waals surface area contributed by atoms with Crippen LogP contribution < -0.4 is 15.8 Å². The minimum absolute atomic E-state index is 0.119. The summed E-state index contributed by atoms with van der Waals surface area (Å²) in [4.78, 5) is 26.5. The van der Waals surface area contributed by atoms with E-state index in [9.17, 15) is 9.59 Å². The molecule has 20 heavy (non-hydrogen) atoms. The molecule has 6 nitrogen and oxygen atoms in total. The van der Waals surface area contributed by atoms with Gasteiger partial charge >= 0.3 is 0 Å². The van der Waals surface area contributed by atoms with Crippen LogP contribution in [0.2, 0.25) is 0 Å². The number of hydrogen-bond acceptors (Lipinski definition) is 5. The number of nitrogens with zero attached hydrogens (tertiary/aromatic N) is 1. The number of nitrogens with two attached hydrogens (primary N) is 1. The lowest BCUT2D eigenvalue weighted by atomic mass is 10.3. The number of carbonyl (C=O) groups is 2. The third kappa shape index (κ3) is 3.79. The monoisotopic (exact) mass is 291 g/mol. The Kier molecular flexibility index (Phi) is 4.67. The molecule has 104 valence electrons. The van der Waals surface area contributed by atoms with E-state index in [1.54, 1.807) is 35.2 Å². The van der Waals surface area contributed by atoms with E-state index < -0.39 is 5.91 Å². The van der Waals surface area contributed by atoms with Gasteiger partial charge in [0.25, 0.3) is 5.91 Å². The Morgan fingerprint density at radius 1 is 1.35 bits per heavy atom. The van der Waals surface area contributed by atoms with Gasteiger partial charge in [0.15, 0.2) is 0 Å². The number of hydrogen-bond donors (Lipinski definition) is 2. The van der Waals surface area contributed by atoms with Crippen molar-refractivity contribution in [3.63, 3.8) is 0 Å². The standard InChI is InChI=1S/C13H13N3O3S/c14-12(17)5-6-19-11-4-2-1-3-9(11)16-13(18)10-7-20-8-15-10/h1-4,7-8H,5-6H2,(H2,14,17)(H,16,18). The minimum Gasteiger partial charge on any atom is -0.491 e. The molecule has 0 radical (unpaired) electrons. The third-order valence-corrected chi connectivity index (χ3v) is 2.99. The number of aromatic nitrogens is 1. The number of anilines is 1. The zero-order chi connectivity index (χ0) is 14.4. The first kappa shape index (κ1) is 14.0. The molecular weight excluding hydrogens is 278 g/mol. The van der Waals surface area contributed by atoms with E-state index in [1.807, 2.05) is 0 Å². The number of benzene rings is 1. The second kappa shape index (κ2) is 6.67. The van der Waals surface area contributed by atoms with Gasteiger partial charge in [0.1, 0.15) is 11.4 Å². The highest BCUT2D eigenvalue weighted by Gasteiger charge is 2.11. The summed E-state index contributed by atoms with van der Waals surface area (Å²) in [5.74, 6) is -0.261. The van der Waals surface area contributed by atoms with Crippen LogP contribution in [-0.4, -0.2) is 23.4 Å². The average Bonchev–Trinajstić information content (AvgIpc) is 2.94. The van der Waals surface area contributed by atoms with Crippen molar-refractivity contribution in [3.05, 3.63) is 40.8 Å². The summed E-state index contributed by atoms with van der Waals surface area (Å²) in [6.07, 6.45) is 0.119. The van der Waals surface area contributed by atoms with Gasteiger partial charge in [-0.15, -0.1) is 11.3 Å². The van der Waals surface area contributed by atoms with Gasteiger partial charge in [0.2, 0.25) is 5.91 Å². The second-order valence-corrected chi connectivity index (χ2v) is 4.61. The zero-order valence-electron chi connectivity index (χ0n) is 10.5. The lowest BCUT2D eigenvalue weighted by molar-refractivity contribution is -0.118. The molecule has 0 saturated heterocycles. The molecule has 3 N–H and O–H groups in total. The Labute approximate surface area is 119 Å². The molecule has 0 aliphatic heterocycles. The van der Waals surface area contributed by atoms with Gasteiger partial charge in [-0.1, -0.05) is 12.1 Å². The number of nitrogens with one attached hydrogen (secondary N) is 1. The van der Waals surface area contributed by atoms with Crippen molar-refractivity contribution in [3.8, 4) is 5.75 Å². The molecule has 2 aromatic rings. The van der Waals surface area contributed by atoms with Crippen molar-refractivity contribution < 1.29 is 14.3 Å². The highest BCUT2D eigenvalue weighted by atomic mass is 32.1. The smallest absolute Gasteiger partial charge is 0.275 e. The summed E-state index contributed by atoms with van der Waals surface area (Å²) < 4.78 is 5.43. The molecule has 0 unspecified atom stereocenters. The van der Waals surface area contributed by atoms with Crippen molar-refractivity contribution in [2.24, 2.45) is 5.73 Å². The first-order chi connectivity index (χ1) is 9.66. The van der Waals surface area contributed by atoms with Gasteiger partial charge in [0.05, 0.1) is 24.2 Å². The van der Waals surface area contributed by atoms with Crippen molar-refractivity contribution in [1.29, 1.82) is 0 Å². The topological polar surface area (TPSA) is 94.3 Å². The van der Waals surface area contributed by atoms with Gasteiger partial charge in [-0.05, 0) is 12.1 Å². The summed E-state index contributed by atoms with van der Waals surface area (Å²) >= 11 is 1.35. The maximum Gasteiger partial charge on any atom is 0.275 e. The van der Waals surface area contributed by atoms with E-state index in [4.69, 9.17) is 10.5 Å². The fourth-order valence-corrected chi connectivity index (χ4v) is 2.00. The highest BCUT2D eigenvalue weighted by Crippen LogP contribution is 2.24. The van der Waals surface area contributed by atoms with Crippen LogP contribution in [-0.2, 0) is 4.79 Å². The van der Waals surface area contributed by atoms with Crippen LogP contribution in [0.3, 0.4) is 0 Å². The van der Waals surface area contributed by atoms with Gasteiger partial charge in [-0.25, -0.2) is 4.98 Å². The Morgan fingerprint density at radius 3 is 2.85 bits per heavy atom.